The van der Waals surface area contributed by atoms with Crippen molar-refractivity contribution >= 4 is 5.69 Å². The van der Waals surface area contributed by atoms with Crippen LogP contribution in [0.1, 0.15) is 36.2 Å². The van der Waals surface area contributed by atoms with Crippen molar-refractivity contribution in [1.82, 2.24) is 24.6 Å². The van der Waals surface area contributed by atoms with Crippen molar-refractivity contribution in [2.45, 2.75) is 43.8 Å². The van der Waals surface area contributed by atoms with E-state index >= 15 is 0 Å². The number of fused-ring (bicyclic) bond motifs is 1. The van der Waals surface area contributed by atoms with Gasteiger partial charge in [0.1, 0.15) is 6.61 Å². The summed E-state index contributed by atoms with van der Waals surface area (Å²) in [5.41, 5.74) is 5.63. The van der Waals surface area contributed by atoms with Crippen LogP contribution in [0.25, 0.3) is 11.1 Å². The van der Waals surface area contributed by atoms with E-state index in [1.165, 1.54) is 0 Å². The van der Waals surface area contributed by atoms with Crippen LogP contribution in [-0.4, -0.2) is 87.1 Å². The lowest BCUT2D eigenvalue weighted by Gasteiger charge is -2.43. The molecule has 3 aromatic rings. The van der Waals surface area contributed by atoms with E-state index in [4.69, 9.17) is 4.98 Å². The molecule has 2 unspecified atom stereocenters. The fourth-order valence-electron chi connectivity index (χ4n) is 5.58. The second-order valence-corrected chi connectivity index (χ2v) is 10.6. The van der Waals surface area contributed by atoms with Crippen molar-refractivity contribution in [2.75, 3.05) is 44.8 Å². The maximum atomic E-state index is 14.5. The monoisotopic (exact) mass is 528 g/mol. The molecular formula is C28H35F3N6O. The molecule has 38 heavy (non-hydrogen) atoms. The van der Waals surface area contributed by atoms with Gasteiger partial charge in [0.2, 0.25) is 0 Å². The first-order valence-corrected chi connectivity index (χ1v) is 13.1. The highest BCUT2D eigenvalue weighted by molar-refractivity contribution is 5.64. The lowest BCUT2D eigenvalue weighted by molar-refractivity contribution is -0.0865. The van der Waals surface area contributed by atoms with E-state index in [9.17, 15) is 18.3 Å². The quantitative estimate of drug-likeness (QED) is 0.416. The van der Waals surface area contributed by atoms with Crippen LogP contribution in [-0.2, 0) is 13.5 Å². The number of alkyl halides is 3. The molecule has 2 atom stereocenters. The highest BCUT2D eigenvalue weighted by Crippen LogP contribution is 2.40. The summed E-state index contributed by atoms with van der Waals surface area (Å²) in [6.07, 6.45) is 6.69. The van der Waals surface area contributed by atoms with Gasteiger partial charge in [0, 0.05) is 44.5 Å². The van der Waals surface area contributed by atoms with Crippen LogP contribution in [0, 0.1) is 0 Å². The van der Waals surface area contributed by atoms with Crippen LogP contribution in [0.4, 0.5) is 18.9 Å². The molecule has 1 fully saturated rings. The second kappa shape index (κ2) is 11.0. The van der Waals surface area contributed by atoms with Crippen molar-refractivity contribution < 1.29 is 18.3 Å². The Morgan fingerprint density at radius 1 is 1.13 bits per heavy atom. The first-order chi connectivity index (χ1) is 18.3. The van der Waals surface area contributed by atoms with Gasteiger partial charge < -0.3 is 10.4 Å². The van der Waals surface area contributed by atoms with Gasteiger partial charge in [0.25, 0.3) is 5.92 Å². The Morgan fingerprint density at radius 2 is 1.95 bits per heavy atom. The fourth-order valence-corrected chi connectivity index (χ4v) is 5.58. The molecule has 204 valence electrons. The number of benzene rings is 1. The number of aliphatic hydroxyl groups is 1. The number of aliphatic hydroxyl groups excluding tert-OH is 1. The number of rotatable bonds is 10. The van der Waals surface area contributed by atoms with Crippen LogP contribution >= 0.6 is 0 Å². The van der Waals surface area contributed by atoms with Gasteiger partial charge in [-0.3, -0.25) is 23.9 Å². The average Bonchev–Trinajstić information content (AvgIpc) is 3.32. The zero-order chi connectivity index (χ0) is 26.9. The topological polar surface area (TPSA) is 69.5 Å². The van der Waals surface area contributed by atoms with E-state index in [2.05, 4.69) is 21.4 Å². The average molecular weight is 529 g/mol. The van der Waals surface area contributed by atoms with Crippen molar-refractivity contribution in [1.29, 1.82) is 0 Å². The molecule has 0 aliphatic carbocycles. The molecule has 0 spiro atoms. The Hall–Kier alpha value is -2.95. The normalized spacial score (nSPS) is 20.8. The number of aromatic nitrogens is 3. The highest BCUT2D eigenvalue weighted by Gasteiger charge is 2.41. The second-order valence-electron chi connectivity index (χ2n) is 10.6. The first-order valence-electron chi connectivity index (χ1n) is 13.1. The van der Waals surface area contributed by atoms with Gasteiger partial charge >= 0.3 is 0 Å². The summed E-state index contributed by atoms with van der Waals surface area (Å²) in [4.78, 5) is 8.68. The minimum atomic E-state index is -3.22. The molecule has 2 aromatic heterocycles. The van der Waals surface area contributed by atoms with Crippen molar-refractivity contribution in [3.63, 3.8) is 0 Å². The molecule has 1 saturated heterocycles. The van der Waals surface area contributed by atoms with Gasteiger partial charge in [0.05, 0.1) is 49.1 Å². The van der Waals surface area contributed by atoms with E-state index in [1.54, 1.807) is 15.8 Å². The predicted molar refractivity (Wildman–Crippen MR) is 141 cm³/mol. The third-order valence-electron chi connectivity index (χ3n) is 7.54. The number of halogens is 3. The van der Waals surface area contributed by atoms with Gasteiger partial charge in [-0.25, -0.2) is 8.78 Å². The summed E-state index contributed by atoms with van der Waals surface area (Å²) in [5.74, 6) is -3.22. The number of aryl methyl sites for hydroxylation is 1. The molecular weight excluding hydrogens is 493 g/mol. The van der Waals surface area contributed by atoms with Crippen LogP contribution in [0.15, 0.2) is 48.9 Å². The number of anilines is 1. The molecule has 2 aliphatic rings. The molecule has 5 rings (SSSR count). The van der Waals surface area contributed by atoms with E-state index in [0.29, 0.717) is 18.5 Å². The summed E-state index contributed by atoms with van der Waals surface area (Å²) in [6.45, 7) is 2.38. The largest absolute Gasteiger partial charge is 0.390 e. The summed E-state index contributed by atoms with van der Waals surface area (Å²) in [7, 11) is 1.87. The molecule has 2 N–H and O–H groups in total. The predicted octanol–water partition coefficient (Wildman–Crippen LogP) is 3.90. The molecule has 0 saturated carbocycles. The highest BCUT2D eigenvalue weighted by atomic mass is 19.3. The SMILES string of the molecule is CC1Cc2cc(-c3cnn(C)c3)ccc2C(c2ccc(NC3CN(CCCF)C3)cn2)N1CC(F)(F)CO. The maximum absolute atomic E-state index is 14.5. The lowest BCUT2D eigenvalue weighted by Crippen LogP contribution is -2.54. The molecule has 10 heteroatoms. The summed E-state index contributed by atoms with van der Waals surface area (Å²) >= 11 is 0. The Morgan fingerprint density at radius 3 is 2.61 bits per heavy atom. The maximum Gasteiger partial charge on any atom is 0.283 e. The van der Waals surface area contributed by atoms with E-state index in [-0.39, 0.29) is 18.8 Å². The van der Waals surface area contributed by atoms with Crippen molar-refractivity contribution in [3.8, 4) is 11.1 Å². The molecule has 4 heterocycles. The van der Waals surface area contributed by atoms with Gasteiger partial charge in [-0.15, -0.1) is 0 Å². The number of nitrogens with zero attached hydrogens (tertiary/aromatic N) is 5. The smallest absolute Gasteiger partial charge is 0.283 e. The van der Waals surface area contributed by atoms with E-state index in [1.807, 2.05) is 50.6 Å². The van der Waals surface area contributed by atoms with E-state index in [0.717, 1.165) is 47.6 Å². The summed E-state index contributed by atoms with van der Waals surface area (Å²) in [6, 6.07) is 9.60. The minimum Gasteiger partial charge on any atom is -0.390 e. The molecule has 2 aliphatic heterocycles. The van der Waals surface area contributed by atoms with Crippen LogP contribution in [0.5, 0.6) is 0 Å². The van der Waals surface area contributed by atoms with Gasteiger partial charge in [0.15, 0.2) is 0 Å². The third kappa shape index (κ3) is 5.72. The van der Waals surface area contributed by atoms with Gasteiger partial charge in [-0.05, 0) is 48.6 Å². The van der Waals surface area contributed by atoms with Crippen molar-refractivity contribution in [3.05, 3.63) is 65.7 Å². The van der Waals surface area contributed by atoms with Crippen molar-refractivity contribution in [2.24, 2.45) is 7.05 Å². The number of hydrogen-bond donors (Lipinski definition) is 2. The fraction of sp³-hybridized carbons (Fsp3) is 0.500. The zero-order valence-electron chi connectivity index (χ0n) is 21.8. The Labute approximate surface area is 221 Å². The minimum absolute atomic E-state index is 0.182. The Balaban J connectivity index is 1.40. The Bertz CT molecular complexity index is 1230. The molecule has 0 radical (unpaired) electrons. The van der Waals surface area contributed by atoms with E-state index < -0.39 is 25.1 Å². The van der Waals surface area contributed by atoms with Crippen LogP contribution in [0.3, 0.4) is 0 Å². The number of pyridine rings is 1. The van der Waals surface area contributed by atoms with Gasteiger partial charge in [-0.1, -0.05) is 18.2 Å². The van der Waals surface area contributed by atoms with Gasteiger partial charge in [-0.2, -0.15) is 5.10 Å². The standard InChI is InChI=1S/C28H35F3N6O/c1-19-10-21-11-20(22-12-33-35(2)14-22)4-6-25(21)27(37(19)17-28(30,31)18-38)26-7-5-23(13-32-26)34-24-15-36(16-24)9-3-8-29/h4-7,11-14,19,24,27,34,38H,3,8-10,15-18H2,1-2H3. The number of nitrogens with one attached hydrogen (secondary N) is 1. The third-order valence-corrected chi connectivity index (χ3v) is 7.54. The number of hydrogen-bond acceptors (Lipinski definition) is 6. The summed E-state index contributed by atoms with van der Waals surface area (Å²) in [5, 5.41) is 17.0. The molecule has 7 nitrogen and oxygen atoms in total. The zero-order valence-corrected chi connectivity index (χ0v) is 21.8. The molecule has 0 amide bonds. The first kappa shape index (κ1) is 26.6. The molecule has 1 aromatic carbocycles. The Kier molecular flexibility index (Phi) is 7.74. The summed E-state index contributed by atoms with van der Waals surface area (Å²) < 4.78 is 43.1. The lowest BCUT2D eigenvalue weighted by atomic mass is 9.85. The number of likely N-dealkylation sites (tertiary alicyclic amines) is 1. The van der Waals surface area contributed by atoms with Crippen LogP contribution in [0.2, 0.25) is 0 Å². The van der Waals surface area contributed by atoms with Crippen LogP contribution < -0.4 is 5.32 Å². The molecule has 0 bridgehead atoms.